The predicted molar refractivity (Wildman–Crippen MR) is 87.8 cm³/mol. The van der Waals surface area contributed by atoms with Gasteiger partial charge in [0.05, 0.1) is 21.7 Å². The molecule has 0 aliphatic rings. The van der Waals surface area contributed by atoms with Crippen molar-refractivity contribution >= 4 is 28.1 Å². The van der Waals surface area contributed by atoms with Crippen LogP contribution in [0.15, 0.2) is 42.5 Å². The van der Waals surface area contributed by atoms with Gasteiger partial charge < -0.3 is 5.32 Å². The van der Waals surface area contributed by atoms with Crippen molar-refractivity contribution in [2.24, 2.45) is 0 Å². The maximum atomic E-state index is 12.3. The molecule has 0 spiro atoms. The first kappa shape index (κ1) is 13.8. The largest absolute Gasteiger partial charge is 0.352 e. The zero-order valence-corrected chi connectivity index (χ0v) is 12.8. The van der Waals surface area contributed by atoms with Crippen LogP contribution in [0.1, 0.15) is 22.2 Å². The first-order valence-electron chi connectivity index (χ1n) is 6.94. The number of carbonyl (C=O) groups excluding carboxylic acids is 1. The van der Waals surface area contributed by atoms with Crippen LogP contribution in [0.3, 0.4) is 0 Å². The molecule has 0 saturated carbocycles. The van der Waals surface area contributed by atoms with Gasteiger partial charge in [0.15, 0.2) is 0 Å². The number of para-hydroxylation sites is 1. The lowest BCUT2D eigenvalue weighted by Crippen LogP contribution is -2.23. The highest BCUT2D eigenvalue weighted by Gasteiger charge is 2.13. The van der Waals surface area contributed by atoms with Crippen LogP contribution in [0.25, 0.3) is 21.5 Å². The van der Waals surface area contributed by atoms with Crippen molar-refractivity contribution in [3.05, 3.63) is 52.9 Å². The van der Waals surface area contributed by atoms with Gasteiger partial charge in [-0.3, -0.25) is 4.79 Å². The number of aromatic nitrogens is 1. The molecule has 0 saturated heterocycles. The number of hydrogen-bond donors (Lipinski definition) is 1. The van der Waals surface area contributed by atoms with Crippen molar-refractivity contribution in [2.75, 3.05) is 6.54 Å². The summed E-state index contributed by atoms with van der Waals surface area (Å²) in [5.41, 5.74) is 2.39. The first-order valence-corrected chi connectivity index (χ1v) is 7.75. The summed E-state index contributed by atoms with van der Waals surface area (Å²) in [6.07, 6.45) is 0. The Hall–Kier alpha value is -2.20. The Morgan fingerprint density at radius 3 is 2.76 bits per heavy atom. The number of pyridine rings is 1. The van der Waals surface area contributed by atoms with Gasteiger partial charge in [0, 0.05) is 16.8 Å². The lowest BCUT2D eigenvalue weighted by molar-refractivity contribution is 0.0957. The number of amides is 1. The van der Waals surface area contributed by atoms with Gasteiger partial charge in [0.25, 0.3) is 5.91 Å². The fourth-order valence-corrected chi connectivity index (χ4v) is 3.15. The molecule has 1 amide bonds. The van der Waals surface area contributed by atoms with Gasteiger partial charge in [0.2, 0.25) is 0 Å². The van der Waals surface area contributed by atoms with Crippen LogP contribution in [-0.4, -0.2) is 17.4 Å². The van der Waals surface area contributed by atoms with Gasteiger partial charge in [-0.15, -0.1) is 11.3 Å². The molecule has 21 heavy (non-hydrogen) atoms. The molecule has 2 aromatic heterocycles. The maximum absolute atomic E-state index is 12.3. The Bertz CT molecular complexity index is 807. The smallest absolute Gasteiger partial charge is 0.252 e. The number of benzene rings is 1. The summed E-state index contributed by atoms with van der Waals surface area (Å²) in [5, 5.41) is 3.76. The standard InChI is InChI=1S/C17H16N2OS/c1-3-18-17(20)13-10-15(16-9-8-11(2)21-16)19-14-7-5-4-6-12(13)14/h4-10H,3H2,1-2H3,(H,18,20). The van der Waals surface area contributed by atoms with E-state index in [9.17, 15) is 4.79 Å². The van der Waals surface area contributed by atoms with Crippen LogP contribution in [0.5, 0.6) is 0 Å². The summed E-state index contributed by atoms with van der Waals surface area (Å²) >= 11 is 1.69. The molecule has 0 atom stereocenters. The van der Waals surface area contributed by atoms with E-state index in [-0.39, 0.29) is 5.91 Å². The first-order chi connectivity index (χ1) is 10.2. The number of hydrogen-bond acceptors (Lipinski definition) is 3. The van der Waals surface area contributed by atoms with Gasteiger partial charge in [-0.25, -0.2) is 4.98 Å². The molecule has 0 aliphatic carbocycles. The van der Waals surface area contributed by atoms with E-state index in [1.165, 1.54) is 4.88 Å². The van der Waals surface area contributed by atoms with Crippen LogP contribution >= 0.6 is 11.3 Å². The quantitative estimate of drug-likeness (QED) is 0.793. The molecular weight excluding hydrogens is 280 g/mol. The summed E-state index contributed by atoms with van der Waals surface area (Å²) in [7, 11) is 0. The summed E-state index contributed by atoms with van der Waals surface area (Å²) < 4.78 is 0. The topological polar surface area (TPSA) is 42.0 Å². The molecule has 0 fully saturated rings. The second-order valence-corrected chi connectivity index (χ2v) is 6.13. The van der Waals surface area contributed by atoms with Crippen LogP contribution in [-0.2, 0) is 0 Å². The second kappa shape index (κ2) is 5.66. The molecule has 4 heteroatoms. The van der Waals surface area contributed by atoms with Gasteiger partial charge >= 0.3 is 0 Å². The minimum atomic E-state index is -0.0503. The number of rotatable bonds is 3. The van der Waals surface area contributed by atoms with Gasteiger partial charge in [-0.05, 0) is 38.1 Å². The number of nitrogens with zero attached hydrogens (tertiary/aromatic N) is 1. The van der Waals surface area contributed by atoms with E-state index < -0.39 is 0 Å². The van der Waals surface area contributed by atoms with Crippen molar-refractivity contribution in [1.29, 1.82) is 0 Å². The molecule has 106 valence electrons. The normalized spacial score (nSPS) is 10.8. The van der Waals surface area contributed by atoms with Gasteiger partial charge in [0.1, 0.15) is 0 Å². The lowest BCUT2D eigenvalue weighted by Gasteiger charge is -2.08. The average Bonchev–Trinajstić information content (AvgIpc) is 2.93. The molecule has 0 aliphatic heterocycles. The fourth-order valence-electron chi connectivity index (χ4n) is 2.32. The third-order valence-electron chi connectivity index (χ3n) is 3.29. The summed E-state index contributed by atoms with van der Waals surface area (Å²) in [5.74, 6) is -0.0503. The molecule has 3 aromatic rings. The van der Waals surface area contributed by atoms with Crippen molar-refractivity contribution in [3.8, 4) is 10.6 Å². The Balaban J connectivity index is 2.21. The van der Waals surface area contributed by atoms with Gasteiger partial charge in [-0.1, -0.05) is 18.2 Å². The number of thiophene rings is 1. The molecule has 1 N–H and O–H groups in total. The van der Waals surface area contributed by atoms with Crippen molar-refractivity contribution < 1.29 is 4.79 Å². The zero-order valence-electron chi connectivity index (χ0n) is 12.0. The number of fused-ring (bicyclic) bond motifs is 1. The van der Waals surface area contributed by atoms with Gasteiger partial charge in [-0.2, -0.15) is 0 Å². The molecule has 0 bridgehead atoms. The Morgan fingerprint density at radius 1 is 1.24 bits per heavy atom. The molecule has 0 unspecified atom stereocenters. The van der Waals surface area contributed by atoms with E-state index in [1.807, 2.05) is 37.3 Å². The highest BCUT2D eigenvalue weighted by molar-refractivity contribution is 7.15. The lowest BCUT2D eigenvalue weighted by atomic mass is 10.1. The van der Waals surface area contributed by atoms with Crippen molar-refractivity contribution in [1.82, 2.24) is 10.3 Å². The minimum absolute atomic E-state index is 0.0503. The predicted octanol–water partition coefficient (Wildman–Crippen LogP) is 4.02. The van der Waals surface area contributed by atoms with E-state index in [0.717, 1.165) is 21.5 Å². The Kier molecular flexibility index (Phi) is 3.71. The minimum Gasteiger partial charge on any atom is -0.352 e. The molecule has 3 nitrogen and oxygen atoms in total. The summed E-state index contributed by atoms with van der Waals surface area (Å²) in [4.78, 5) is 19.3. The third-order valence-corrected chi connectivity index (χ3v) is 4.31. The molecule has 0 radical (unpaired) electrons. The second-order valence-electron chi connectivity index (χ2n) is 4.84. The molecule has 1 aromatic carbocycles. The Morgan fingerprint density at radius 2 is 2.05 bits per heavy atom. The Labute approximate surface area is 127 Å². The van der Waals surface area contributed by atoms with E-state index >= 15 is 0 Å². The van der Waals surface area contributed by atoms with E-state index in [1.54, 1.807) is 11.3 Å². The molecular formula is C17H16N2OS. The molecule has 3 rings (SSSR count). The molecule has 2 heterocycles. The monoisotopic (exact) mass is 296 g/mol. The van der Waals surface area contributed by atoms with E-state index in [2.05, 4.69) is 24.4 Å². The highest BCUT2D eigenvalue weighted by Crippen LogP contribution is 2.29. The van der Waals surface area contributed by atoms with Crippen LogP contribution in [0.4, 0.5) is 0 Å². The highest BCUT2D eigenvalue weighted by atomic mass is 32.1. The number of aryl methyl sites for hydroxylation is 1. The number of nitrogens with one attached hydrogen (secondary N) is 1. The van der Waals surface area contributed by atoms with Crippen LogP contribution in [0.2, 0.25) is 0 Å². The number of carbonyl (C=O) groups is 1. The van der Waals surface area contributed by atoms with Crippen LogP contribution < -0.4 is 5.32 Å². The van der Waals surface area contributed by atoms with Crippen molar-refractivity contribution in [3.63, 3.8) is 0 Å². The third kappa shape index (κ3) is 2.67. The zero-order chi connectivity index (χ0) is 14.8. The summed E-state index contributed by atoms with van der Waals surface area (Å²) in [6, 6.07) is 13.8. The van der Waals surface area contributed by atoms with Crippen LogP contribution in [0, 0.1) is 6.92 Å². The fraction of sp³-hybridized carbons (Fsp3) is 0.176. The summed E-state index contributed by atoms with van der Waals surface area (Å²) in [6.45, 7) is 4.60. The van der Waals surface area contributed by atoms with Crippen molar-refractivity contribution in [2.45, 2.75) is 13.8 Å². The average molecular weight is 296 g/mol. The van der Waals surface area contributed by atoms with E-state index in [4.69, 9.17) is 4.98 Å². The SMILES string of the molecule is CCNC(=O)c1cc(-c2ccc(C)s2)nc2ccccc12. The maximum Gasteiger partial charge on any atom is 0.252 e. The van der Waals surface area contributed by atoms with E-state index in [0.29, 0.717) is 12.1 Å².